The first kappa shape index (κ1) is 22.8. The molecule has 164 valence electrons. The van der Waals surface area contributed by atoms with Crippen LogP contribution in [0.5, 0.6) is 0 Å². The second-order valence-corrected chi connectivity index (χ2v) is 8.49. The lowest BCUT2D eigenvalue weighted by Gasteiger charge is -2.40. The van der Waals surface area contributed by atoms with Crippen molar-refractivity contribution < 1.29 is 4.79 Å². The number of anilines is 1. The SMILES string of the molecule is CCCN1CC[C@@H](Cc2ccccc2)C[C@H]1CCCNC(=O)Nc1cccc(C#N)c1. The van der Waals surface area contributed by atoms with E-state index in [1.807, 2.05) is 0 Å². The molecule has 2 atom stereocenters. The number of urea groups is 1. The Balaban J connectivity index is 1.43. The van der Waals surface area contributed by atoms with Crippen LogP contribution in [-0.2, 0) is 6.42 Å². The van der Waals surface area contributed by atoms with Crippen LogP contribution < -0.4 is 10.6 Å². The maximum absolute atomic E-state index is 12.2. The van der Waals surface area contributed by atoms with Crippen molar-refractivity contribution >= 4 is 11.7 Å². The third kappa shape index (κ3) is 7.41. The molecule has 2 aromatic rings. The highest BCUT2D eigenvalue weighted by Crippen LogP contribution is 2.28. The van der Waals surface area contributed by atoms with Crippen LogP contribution in [-0.4, -0.2) is 36.6 Å². The van der Waals surface area contributed by atoms with Crippen molar-refractivity contribution in [2.24, 2.45) is 5.92 Å². The standard InChI is InChI=1S/C26H34N4O/c1-2-15-30-16-13-22(17-21-8-4-3-5-9-21)19-25(30)12-7-14-28-26(31)29-24-11-6-10-23(18-24)20-27/h3-6,8-11,18,22,25H,2,7,12-17,19H2,1H3,(H2,28,29,31)/t22-,25+/m0/s1. The molecule has 1 aliphatic rings. The minimum atomic E-state index is -0.217. The molecule has 0 aliphatic carbocycles. The highest BCUT2D eigenvalue weighted by Gasteiger charge is 2.27. The average Bonchev–Trinajstić information content (AvgIpc) is 2.79. The normalized spacial score (nSPS) is 18.8. The highest BCUT2D eigenvalue weighted by molar-refractivity contribution is 5.89. The fourth-order valence-corrected chi connectivity index (χ4v) is 4.58. The molecular weight excluding hydrogens is 384 g/mol. The summed E-state index contributed by atoms with van der Waals surface area (Å²) >= 11 is 0. The predicted octanol–water partition coefficient (Wildman–Crippen LogP) is 5.19. The van der Waals surface area contributed by atoms with Gasteiger partial charge < -0.3 is 15.5 Å². The van der Waals surface area contributed by atoms with Crippen molar-refractivity contribution in [1.29, 1.82) is 5.26 Å². The molecule has 5 nitrogen and oxygen atoms in total. The number of benzene rings is 2. The van der Waals surface area contributed by atoms with E-state index in [1.54, 1.807) is 24.3 Å². The van der Waals surface area contributed by atoms with Crippen molar-refractivity contribution in [1.82, 2.24) is 10.2 Å². The summed E-state index contributed by atoms with van der Waals surface area (Å²) in [5.74, 6) is 0.740. The minimum absolute atomic E-state index is 0.217. The summed E-state index contributed by atoms with van der Waals surface area (Å²) in [6.07, 6.45) is 6.93. The number of nitrogens with zero attached hydrogens (tertiary/aromatic N) is 2. The maximum atomic E-state index is 12.2. The highest BCUT2D eigenvalue weighted by atomic mass is 16.2. The fourth-order valence-electron chi connectivity index (χ4n) is 4.58. The lowest BCUT2D eigenvalue weighted by Crippen LogP contribution is -2.43. The number of nitrogens with one attached hydrogen (secondary N) is 2. The maximum Gasteiger partial charge on any atom is 0.319 e. The summed E-state index contributed by atoms with van der Waals surface area (Å²) in [7, 11) is 0. The number of nitriles is 1. The van der Waals surface area contributed by atoms with Gasteiger partial charge >= 0.3 is 6.03 Å². The van der Waals surface area contributed by atoms with Gasteiger partial charge in [-0.2, -0.15) is 5.26 Å². The summed E-state index contributed by atoms with van der Waals surface area (Å²) in [4.78, 5) is 14.8. The molecule has 0 spiro atoms. The number of hydrogen-bond donors (Lipinski definition) is 2. The third-order valence-corrected chi connectivity index (χ3v) is 6.07. The molecule has 0 radical (unpaired) electrons. The zero-order chi connectivity index (χ0) is 21.9. The van der Waals surface area contributed by atoms with E-state index >= 15 is 0 Å². The molecule has 1 heterocycles. The first-order chi connectivity index (χ1) is 15.2. The van der Waals surface area contributed by atoms with E-state index in [4.69, 9.17) is 5.26 Å². The van der Waals surface area contributed by atoms with Crippen LogP contribution in [0.3, 0.4) is 0 Å². The lowest BCUT2D eigenvalue weighted by molar-refractivity contribution is 0.104. The molecule has 5 heteroatoms. The zero-order valence-corrected chi connectivity index (χ0v) is 18.5. The summed E-state index contributed by atoms with van der Waals surface area (Å²) in [6, 6.07) is 20.2. The monoisotopic (exact) mass is 418 g/mol. The van der Waals surface area contributed by atoms with Crippen LogP contribution in [0.2, 0.25) is 0 Å². The van der Waals surface area contributed by atoms with Crippen molar-refractivity contribution in [3.05, 3.63) is 65.7 Å². The Morgan fingerprint density at radius 3 is 2.81 bits per heavy atom. The fraction of sp³-hybridized carbons (Fsp3) is 0.462. The van der Waals surface area contributed by atoms with Gasteiger partial charge in [-0.1, -0.05) is 43.3 Å². The molecule has 0 unspecified atom stereocenters. The molecule has 1 saturated heterocycles. The number of hydrogen-bond acceptors (Lipinski definition) is 3. The van der Waals surface area contributed by atoms with Crippen LogP contribution >= 0.6 is 0 Å². The molecule has 2 N–H and O–H groups in total. The molecule has 3 rings (SSSR count). The van der Waals surface area contributed by atoms with Crippen molar-refractivity contribution in [3.63, 3.8) is 0 Å². The van der Waals surface area contributed by atoms with Gasteiger partial charge in [0, 0.05) is 18.3 Å². The molecular formula is C26H34N4O. The van der Waals surface area contributed by atoms with Gasteiger partial charge in [-0.05, 0) is 81.3 Å². The Labute approximate surface area is 186 Å². The second-order valence-electron chi connectivity index (χ2n) is 8.49. The summed E-state index contributed by atoms with van der Waals surface area (Å²) in [5.41, 5.74) is 2.62. The van der Waals surface area contributed by atoms with Crippen molar-refractivity contribution in [2.45, 2.75) is 51.5 Å². The van der Waals surface area contributed by atoms with E-state index in [2.05, 4.69) is 58.9 Å². The van der Waals surface area contributed by atoms with Gasteiger partial charge in [0.1, 0.15) is 0 Å². The van der Waals surface area contributed by atoms with E-state index in [0.29, 0.717) is 23.8 Å². The average molecular weight is 419 g/mol. The molecule has 2 amide bonds. The third-order valence-electron chi connectivity index (χ3n) is 6.07. The van der Waals surface area contributed by atoms with Gasteiger partial charge in [0.15, 0.2) is 0 Å². The molecule has 1 fully saturated rings. The molecule has 1 aliphatic heterocycles. The molecule has 2 aromatic carbocycles. The van der Waals surface area contributed by atoms with Crippen LogP contribution in [0.4, 0.5) is 10.5 Å². The van der Waals surface area contributed by atoms with Gasteiger partial charge in [0.25, 0.3) is 0 Å². The number of piperidine rings is 1. The minimum Gasteiger partial charge on any atom is -0.338 e. The van der Waals surface area contributed by atoms with E-state index < -0.39 is 0 Å². The Morgan fingerprint density at radius 1 is 1.19 bits per heavy atom. The predicted molar refractivity (Wildman–Crippen MR) is 126 cm³/mol. The summed E-state index contributed by atoms with van der Waals surface area (Å²) in [5, 5.41) is 14.7. The van der Waals surface area contributed by atoms with Gasteiger partial charge in [0.05, 0.1) is 11.6 Å². The zero-order valence-electron chi connectivity index (χ0n) is 18.5. The van der Waals surface area contributed by atoms with Crippen molar-refractivity contribution in [3.8, 4) is 6.07 Å². The van der Waals surface area contributed by atoms with E-state index in [-0.39, 0.29) is 6.03 Å². The van der Waals surface area contributed by atoms with E-state index in [9.17, 15) is 4.79 Å². The largest absolute Gasteiger partial charge is 0.338 e. The Morgan fingerprint density at radius 2 is 2.03 bits per heavy atom. The Hall–Kier alpha value is -2.84. The number of carbonyl (C=O) groups is 1. The lowest BCUT2D eigenvalue weighted by atomic mass is 9.84. The van der Waals surface area contributed by atoms with Gasteiger partial charge in [-0.25, -0.2) is 4.79 Å². The van der Waals surface area contributed by atoms with Crippen molar-refractivity contribution in [2.75, 3.05) is 25.0 Å². The van der Waals surface area contributed by atoms with Gasteiger partial charge in [-0.3, -0.25) is 0 Å². The first-order valence-corrected chi connectivity index (χ1v) is 11.5. The van der Waals surface area contributed by atoms with Crippen LogP contribution in [0.15, 0.2) is 54.6 Å². The van der Waals surface area contributed by atoms with E-state index in [1.165, 1.54) is 37.8 Å². The Bertz CT molecular complexity index is 861. The summed E-state index contributed by atoms with van der Waals surface area (Å²) < 4.78 is 0. The Kier molecular flexibility index (Phi) is 8.93. The van der Waals surface area contributed by atoms with Crippen LogP contribution in [0.1, 0.15) is 50.2 Å². The summed E-state index contributed by atoms with van der Waals surface area (Å²) in [6.45, 7) is 5.24. The smallest absolute Gasteiger partial charge is 0.319 e. The van der Waals surface area contributed by atoms with E-state index in [0.717, 1.165) is 25.3 Å². The number of rotatable bonds is 9. The number of likely N-dealkylation sites (tertiary alicyclic amines) is 1. The topological polar surface area (TPSA) is 68.2 Å². The van der Waals surface area contributed by atoms with Gasteiger partial charge in [0.2, 0.25) is 0 Å². The first-order valence-electron chi connectivity index (χ1n) is 11.5. The number of amides is 2. The van der Waals surface area contributed by atoms with Crippen LogP contribution in [0.25, 0.3) is 0 Å². The number of carbonyl (C=O) groups excluding carboxylic acids is 1. The molecule has 0 aromatic heterocycles. The van der Waals surface area contributed by atoms with Crippen LogP contribution in [0, 0.1) is 17.2 Å². The molecule has 31 heavy (non-hydrogen) atoms. The molecule has 0 saturated carbocycles. The second kappa shape index (κ2) is 12.1. The molecule has 0 bridgehead atoms. The van der Waals surface area contributed by atoms with Gasteiger partial charge in [-0.15, -0.1) is 0 Å². The quantitative estimate of drug-likeness (QED) is 0.551.